The highest BCUT2D eigenvalue weighted by atomic mass is 32.2. The summed E-state index contributed by atoms with van der Waals surface area (Å²) in [6.07, 6.45) is 0.245. The number of rotatable bonds is 14. The number of hydrogen-bond donors (Lipinski definition) is 1. The first-order valence-electron chi connectivity index (χ1n) is 15.4. The average Bonchev–Trinajstić information content (AvgIpc) is 3.06. The van der Waals surface area contributed by atoms with Crippen molar-refractivity contribution in [2.45, 2.75) is 51.6 Å². The molecule has 0 heterocycles. The predicted octanol–water partition coefficient (Wildman–Crippen LogP) is 5.92. The van der Waals surface area contributed by atoms with Crippen molar-refractivity contribution in [3.63, 3.8) is 0 Å². The van der Waals surface area contributed by atoms with E-state index >= 15 is 0 Å². The lowest BCUT2D eigenvalue weighted by atomic mass is 10.0. The largest absolute Gasteiger partial charge is 0.497 e. The lowest BCUT2D eigenvalue weighted by Gasteiger charge is -2.34. The summed E-state index contributed by atoms with van der Waals surface area (Å²) in [5.41, 5.74) is 3.65. The molecule has 0 aliphatic heterocycles. The number of methoxy groups -OCH3 is 1. The number of benzene rings is 4. The van der Waals surface area contributed by atoms with E-state index < -0.39 is 28.5 Å². The van der Waals surface area contributed by atoms with Gasteiger partial charge in [0.2, 0.25) is 11.8 Å². The van der Waals surface area contributed by atoms with Gasteiger partial charge in [0.15, 0.2) is 0 Å². The van der Waals surface area contributed by atoms with Gasteiger partial charge in [0, 0.05) is 19.5 Å². The zero-order chi connectivity index (χ0) is 33.3. The number of carbonyl (C=O) groups excluding carboxylic acids is 2. The Kier molecular flexibility index (Phi) is 11.6. The number of sulfonamides is 1. The van der Waals surface area contributed by atoms with Gasteiger partial charge >= 0.3 is 0 Å². The maximum atomic E-state index is 14.6. The zero-order valence-electron chi connectivity index (χ0n) is 27.1. The van der Waals surface area contributed by atoms with Crippen LogP contribution < -0.4 is 14.4 Å². The van der Waals surface area contributed by atoms with E-state index in [0.717, 1.165) is 26.6 Å². The van der Waals surface area contributed by atoms with Gasteiger partial charge in [-0.2, -0.15) is 0 Å². The molecule has 9 heteroatoms. The van der Waals surface area contributed by atoms with Crippen LogP contribution in [0.1, 0.15) is 36.1 Å². The summed E-state index contributed by atoms with van der Waals surface area (Å²) < 4.78 is 35.1. The van der Waals surface area contributed by atoms with Crippen LogP contribution in [-0.2, 0) is 32.6 Å². The van der Waals surface area contributed by atoms with Crippen molar-refractivity contribution in [1.82, 2.24) is 10.2 Å². The summed E-state index contributed by atoms with van der Waals surface area (Å²) in [4.78, 5) is 30.1. The van der Waals surface area contributed by atoms with Crippen molar-refractivity contribution in [1.29, 1.82) is 0 Å². The molecular weight excluding hydrogens is 598 g/mol. The van der Waals surface area contributed by atoms with Crippen LogP contribution in [0.15, 0.2) is 108 Å². The quantitative estimate of drug-likeness (QED) is 0.185. The first-order chi connectivity index (χ1) is 22.0. The summed E-state index contributed by atoms with van der Waals surface area (Å²) in [6, 6.07) is 29.4. The van der Waals surface area contributed by atoms with E-state index in [1.807, 2.05) is 82.3 Å². The summed E-state index contributed by atoms with van der Waals surface area (Å²) in [6.45, 7) is 7.74. The van der Waals surface area contributed by atoms with Gasteiger partial charge in [-0.3, -0.25) is 13.9 Å². The summed E-state index contributed by atoms with van der Waals surface area (Å²) in [7, 11) is -2.60. The smallest absolute Gasteiger partial charge is 0.264 e. The normalized spacial score (nSPS) is 12.0. The number of aryl methyl sites for hydroxylation is 1. The fourth-order valence-electron chi connectivity index (χ4n) is 5.18. The van der Waals surface area contributed by atoms with Crippen molar-refractivity contribution >= 4 is 27.5 Å². The fourth-order valence-corrected chi connectivity index (χ4v) is 6.68. The molecule has 0 aliphatic carbocycles. The van der Waals surface area contributed by atoms with E-state index in [2.05, 4.69) is 5.32 Å². The average molecular weight is 642 g/mol. The molecule has 1 N–H and O–H groups in total. The molecule has 46 heavy (non-hydrogen) atoms. The number of nitrogens with zero attached hydrogens (tertiary/aromatic N) is 2. The van der Waals surface area contributed by atoms with Gasteiger partial charge in [-0.25, -0.2) is 8.42 Å². The Bertz CT molecular complexity index is 1730. The molecule has 8 nitrogen and oxygen atoms in total. The molecule has 0 aliphatic rings. The Labute approximate surface area is 273 Å². The van der Waals surface area contributed by atoms with Crippen LogP contribution in [0.25, 0.3) is 0 Å². The van der Waals surface area contributed by atoms with Gasteiger partial charge in [0.25, 0.3) is 10.0 Å². The molecule has 0 bridgehead atoms. The van der Waals surface area contributed by atoms with E-state index in [0.29, 0.717) is 18.0 Å². The van der Waals surface area contributed by atoms with Crippen LogP contribution in [0.2, 0.25) is 0 Å². The third-order valence-electron chi connectivity index (χ3n) is 7.90. The van der Waals surface area contributed by atoms with Crippen molar-refractivity contribution in [3.05, 3.63) is 125 Å². The standard InChI is InChI=1S/C37H43N3O5S/c1-27(2)24-38-37(42)35(23-30-15-8-6-9-16-30)39(25-31-17-13-18-32(22-31)45-5)36(41)26-40(34-21-12-14-28(3)29(34)4)46(43,44)33-19-10-7-11-20-33/h6-22,27,35H,23-26H2,1-5H3,(H,38,42)/t35-/m0/s1. The molecule has 4 aromatic rings. The second-order valence-electron chi connectivity index (χ2n) is 11.8. The summed E-state index contributed by atoms with van der Waals surface area (Å²) >= 11 is 0. The van der Waals surface area contributed by atoms with Crippen molar-refractivity contribution in [3.8, 4) is 5.75 Å². The molecule has 4 aromatic carbocycles. The van der Waals surface area contributed by atoms with Gasteiger partial charge in [0.05, 0.1) is 17.7 Å². The minimum absolute atomic E-state index is 0.0641. The minimum atomic E-state index is -4.17. The molecule has 1 atom stereocenters. The highest BCUT2D eigenvalue weighted by Crippen LogP contribution is 2.29. The topological polar surface area (TPSA) is 96.0 Å². The zero-order valence-corrected chi connectivity index (χ0v) is 28.0. The fraction of sp³-hybridized carbons (Fsp3) is 0.297. The lowest BCUT2D eigenvalue weighted by Crippen LogP contribution is -2.53. The Morgan fingerprint density at radius 1 is 0.826 bits per heavy atom. The molecule has 0 saturated heterocycles. The first-order valence-corrected chi connectivity index (χ1v) is 16.8. The highest BCUT2D eigenvalue weighted by Gasteiger charge is 2.35. The van der Waals surface area contributed by atoms with E-state index in [-0.39, 0.29) is 29.7 Å². The van der Waals surface area contributed by atoms with Crippen molar-refractivity contribution in [2.75, 3.05) is 24.5 Å². The number of amides is 2. The number of carbonyl (C=O) groups is 2. The Hall–Kier alpha value is -4.63. The molecule has 0 radical (unpaired) electrons. The maximum Gasteiger partial charge on any atom is 0.264 e. The van der Waals surface area contributed by atoms with Crippen LogP contribution in [0.5, 0.6) is 5.75 Å². The number of hydrogen-bond acceptors (Lipinski definition) is 5. The molecule has 0 spiro atoms. The van der Waals surface area contributed by atoms with E-state index in [1.165, 1.54) is 17.0 Å². The third kappa shape index (κ3) is 8.54. The maximum absolute atomic E-state index is 14.6. The van der Waals surface area contributed by atoms with Crippen LogP contribution in [0.4, 0.5) is 5.69 Å². The Morgan fingerprint density at radius 2 is 1.46 bits per heavy atom. The van der Waals surface area contributed by atoms with Crippen LogP contribution >= 0.6 is 0 Å². The summed E-state index contributed by atoms with van der Waals surface area (Å²) in [5, 5.41) is 3.01. The van der Waals surface area contributed by atoms with Gasteiger partial charge in [-0.1, -0.05) is 86.6 Å². The van der Waals surface area contributed by atoms with E-state index in [1.54, 1.807) is 43.5 Å². The van der Waals surface area contributed by atoms with Crippen LogP contribution in [0, 0.1) is 19.8 Å². The SMILES string of the molecule is COc1cccc(CN(C(=O)CN(c2cccc(C)c2C)S(=O)(=O)c2ccccc2)[C@@H](Cc2ccccc2)C(=O)NCC(C)C)c1. The van der Waals surface area contributed by atoms with Crippen molar-refractivity contribution < 1.29 is 22.7 Å². The second-order valence-corrected chi connectivity index (χ2v) is 13.6. The predicted molar refractivity (Wildman–Crippen MR) is 182 cm³/mol. The molecular formula is C37H43N3O5S. The van der Waals surface area contributed by atoms with Gasteiger partial charge < -0.3 is 15.0 Å². The summed E-state index contributed by atoms with van der Waals surface area (Å²) in [5.74, 6) is -0.0149. The molecule has 0 unspecified atom stereocenters. The first kappa shape index (κ1) is 34.2. The number of anilines is 1. The van der Waals surface area contributed by atoms with Crippen LogP contribution in [-0.4, -0.2) is 51.4 Å². The minimum Gasteiger partial charge on any atom is -0.497 e. The molecule has 0 aromatic heterocycles. The van der Waals surface area contributed by atoms with Gasteiger partial charge in [0.1, 0.15) is 18.3 Å². The molecule has 2 amide bonds. The van der Waals surface area contributed by atoms with Crippen LogP contribution in [0.3, 0.4) is 0 Å². The van der Waals surface area contributed by atoms with E-state index in [9.17, 15) is 18.0 Å². The molecule has 4 rings (SSSR count). The Morgan fingerprint density at radius 3 is 2.11 bits per heavy atom. The highest BCUT2D eigenvalue weighted by molar-refractivity contribution is 7.92. The molecule has 242 valence electrons. The second kappa shape index (κ2) is 15.6. The molecule has 0 saturated carbocycles. The Balaban J connectivity index is 1.83. The van der Waals surface area contributed by atoms with E-state index in [4.69, 9.17) is 4.74 Å². The number of ether oxygens (including phenoxy) is 1. The molecule has 0 fully saturated rings. The third-order valence-corrected chi connectivity index (χ3v) is 9.67. The van der Waals surface area contributed by atoms with Gasteiger partial charge in [-0.05, 0) is 72.4 Å². The monoisotopic (exact) mass is 641 g/mol. The van der Waals surface area contributed by atoms with Gasteiger partial charge in [-0.15, -0.1) is 0 Å². The number of nitrogens with one attached hydrogen (secondary N) is 1. The lowest BCUT2D eigenvalue weighted by molar-refractivity contribution is -0.140. The van der Waals surface area contributed by atoms with Crippen molar-refractivity contribution in [2.24, 2.45) is 5.92 Å².